The van der Waals surface area contributed by atoms with Crippen molar-refractivity contribution in [3.63, 3.8) is 0 Å². The summed E-state index contributed by atoms with van der Waals surface area (Å²) in [6, 6.07) is 11.1. The van der Waals surface area contributed by atoms with E-state index in [4.69, 9.17) is 0 Å². The van der Waals surface area contributed by atoms with Crippen LogP contribution < -0.4 is 0 Å². The SMILES string of the molecule is Cc1cc(Br)c2[nH]c(O)c(C3=Nc4ccccc4C3=O)c2c1. The maximum atomic E-state index is 12.6. The summed E-state index contributed by atoms with van der Waals surface area (Å²) < 4.78 is 0.840. The van der Waals surface area contributed by atoms with Crippen LogP contribution in [0.4, 0.5) is 5.69 Å². The Morgan fingerprint density at radius 2 is 2.00 bits per heavy atom. The van der Waals surface area contributed by atoms with Crippen LogP contribution >= 0.6 is 15.9 Å². The Labute approximate surface area is 134 Å². The highest BCUT2D eigenvalue weighted by Gasteiger charge is 2.30. The number of aliphatic imine (C=N–C) groups is 1. The number of hydrogen-bond donors (Lipinski definition) is 2. The zero-order chi connectivity index (χ0) is 15.4. The summed E-state index contributed by atoms with van der Waals surface area (Å²) in [5, 5.41) is 11.1. The van der Waals surface area contributed by atoms with E-state index in [0.717, 1.165) is 20.9 Å². The maximum absolute atomic E-state index is 12.6. The number of halogens is 1. The number of ketones is 1. The Bertz CT molecular complexity index is 986. The number of aromatic hydroxyl groups is 1. The topological polar surface area (TPSA) is 65.4 Å². The van der Waals surface area contributed by atoms with Crippen molar-refractivity contribution in [3.8, 4) is 5.88 Å². The van der Waals surface area contributed by atoms with E-state index in [9.17, 15) is 9.90 Å². The third-order valence-electron chi connectivity index (χ3n) is 3.82. The first-order valence-electron chi connectivity index (χ1n) is 6.80. The number of benzene rings is 2. The number of Topliss-reactive ketones (excluding diaryl/α,β-unsaturated/α-hetero) is 1. The average Bonchev–Trinajstić information content (AvgIpc) is 2.97. The lowest BCUT2D eigenvalue weighted by Gasteiger charge is -2.01. The van der Waals surface area contributed by atoms with Gasteiger partial charge in [0.15, 0.2) is 5.88 Å². The smallest absolute Gasteiger partial charge is 0.214 e. The molecule has 0 spiro atoms. The zero-order valence-electron chi connectivity index (χ0n) is 11.6. The third kappa shape index (κ3) is 1.75. The predicted octanol–water partition coefficient (Wildman–Crippen LogP) is 4.26. The highest BCUT2D eigenvalue weighted by molar-refractivity contribution is 9.10. The van der Waals surface area contributed by atoms with Gasteiger partial charge in [0, 0.05) is 15.4 Å². The molecule has 2 aromatic carbocycles. The van der Waals surface area contributed by atoms with E-state index in [1.165, 1.54) is 0 Å². The van der Waals surface area contributed by atoms with Crippen molar-refractivity contribution in [1.29, 1.82) is 0 Å². The summed E-state index contributed by atoms with van der Waals surface area (Å²) in [6.45, 7) is 1.96. The minimum atomic E-state index is -0.163. The number of aromatic amines is 1. The molecule has 4 nitrogen and oxygen atoms in total. The first-order chi connectivity index (χ1) is 10.6. The lowest BCUT2D eigenvalue weighted by atomic mass is 10.0. The fraction of sp³-hybridized carbons (Fsp3) is 0.0588. The molecule has 2 N–H and O–H groups in total. The van der Waals surface area contributed by atoms with Crippen LogP contribution in [0.25, 0.3) is 10.9 Å². The first kappa shape index (κ1) is 13.3. The van der Waals surface area contributed by atoms with E-state index < -0.39 is 0 Å². The summed E-state index contributed by atoms with van der Waals surface area (Å²) in [5.74, 6) is -0.203. The van der Waals surface area contributed by atoms with Crippen molar-refractivity contribution < 1.29 is 9.90 Å². The molecule has 1 aliphatic heterocycles. The molecular formula is C17H11BrN2O2. The molecule has 0 radical (unpaired) electrons. The molecule has 4 rings (SSSR count). The van der Waals surface area contributed by atoms with Gasteiger partial charge in [0.1, 0.15) is 5.71 Å². The molecule has 22 heavy (non-hydrogen) atoms. The molecule has 1 aromatic heterocycles. The largest absolute Gasteiger partial charge is 0.494 e. The number of fused-ring (bicyclic) bond motifs is 2. The van der Waals surface area contributed by atoms with Crippen LogP contribution in [0.1, 0.15) is 21.5 Å². The van der Waals surface area contributed by atoms with E-state index >= 15 is 0 Å². The molecule has 0 unspecified atom stereocenters. The van der Waals surface area contributed by atoms with E-state index in [1.54, 1.807) is 12.1 Å². The second-order valence-electron chi connectivity index (χ2n) is 5.32. The van der Waals surface area contributed by atoms with Crippen molar-refractivity contribution in [3.05, 3.63) is 57.6 Å². The number of carbonyl (C=O) groups excluding carboxylic acids is 1. The van der Waals surface area contributed by atoms with Gasteiger partial charge >= 0.3 is 0 Å². The van der Waals surface area contributed by atoms with E-state index in [0.29, 0.717) is 16.8 Å². The second kappa shape index (κ2) is 4.55. The number of para-hydroxylation sites is 1. The fourth-order valence-electron chi connectivity index (χ4n) is 2.85. The van der Waals surface area contributed by atoms with Gasteiger partial charge in [-0.25, -0.2) is 4.99 Å². The number of carbonyl (C=O) groups is 1. The summed E-state index contributed by atoms with van der Waals surface area (Å²) in [4.78, 5) is 19.9. The van der Waals surface area contributed by atoms with Gasteiger partial charge in [-0.05, 0) is 52.7 Å². The number of H-pyrrole nitrogens is 1. The molecule has 0 aliphatic carbocycles. The predicted molar refractivity (Wildman–Crippen MR) is 89.4 cm³/mol. The molecule has 0 saturated heterocycles. The molecule has 108 valence electrons. The van der Waals surface area contributed by atoms with Crippen LogP contribution in [-0.2, 0) is 0 Å². The minimum Gasteiger partial charge on any atom is -0.494 e. The highest BCUT2D eigenvalue weighted by Crippen LogP contribution is 2.37. The van der Waals surface area contributed by atoms with Gasteiger partial charge in [0.05, 0.1) is 16.8 Å². The van der Waals surface area contributed by atoms with Crippen LogP contribution in [0.5, 0.6) is 5.88 Å². The standard InChI is InChI=1S/C17H11BrN2O2/c1-8-6-10-13(17(22)20-14(10)11(18)7-8)15-16(21)9-4-2-3-5-12(9)19-15/h2-7,20,22H,1H3. The lowest BCUT2D eigenvalue weighted by Crippen LogP contribution is -2.10. The van der Waals surface area contributed by atoms with Crippen LogP contribution in [0.2, 0.25) is 0 Å². The number of hydrogen-bond acceptors (Lipinski definition) is 3. The van der Waals surface area contributed by atoms with E-state index in [2.05, 4.69) is 25.9 Å². The van der Waals surface area contributed by atoms with Crippen molar-refractivity contribution >= 4 is 44.0 Å². The fourth-order valence-corrected chi connectivity index (χ4v) is 3.52. The molecule has 2 heterocycles. The van der Waals surface area contributed by atoms with Gasteiger partial charge in [0.2, 0.25) is 5.78 Å². The van der Waals surface area contributed by atoms with Crippen LogP contribution in [0, 0.1) is 6.92 Å². The molecule has 0 atom stereocenters. The number of aryl methyl sites for hydroxylation is 1. The molecular weight excluding hydrogens is 344 g/mol. The summed E-state index contributed by atoms with van der Waals surface area (Å²) in [7, 11) is 0. The van der Waals surface area contributed by atoms with Crippen molar-refractivity contribution in [2.75, 3.05) is 0 Å². The normalized spacial score (nSPS) is 13.5. The van der Waals surface area contributed by atoms with Crippen molar-refractivity contribution in [2.45, 2.75) is 6.92 Å². The van der Waals surface area contributed by atoms with Gasteiger partial charge in [-0.15, -0.1) is 0 Å². The number of aromatic nitrogens is 1. The van der Waals surface area contributed by atoms with E-state index in [1.807, 2.05) is 31.2 Å². The quantitative estimate of drug-likeness (QED) is 0.685. The molecule has 3 aromatic rings. The van der Waals surface area contributed by atoms with Crippen LogP contribution in [-0.4, -0.2) is 21.6 Å². The molecule has 1 aliphatic rings. The maximum Gasteiger partial charge on any atom is 0.214 e. The number of rotatable bonds is 1. The average molecular weight is 355 g/mol. The Morgan fingerprint density at radius 3 is 2.77 bits per heavy atom. The zero-order valence-corrected chi connectivity index (χ0v) is 13.2. The number of nitrogens with zero attached hydrogens (tertiary/aromatic N) is 1. The summed E-state index contributed by atoms with van der Waals surface area (Å²) >= 11 is 3.48. The summed E-state index contributed by atoms with van der Waals surface area (Å²) in [6.07, 6.45) is 0. The first-order valence-corrected chi connectivity index (χ1v) is 7.59. The van der Waals surface area contributed by atoms with Gasteiger partial charge in [-0.1, -0.05) is 12.1 Å². The van der Waals surface area contributed by atoms with Gasteiger partial charge in [-0.3, -0.25) is 4.79 Å². The van der Waals surface area contributed by atoms with Gasteiger partial charge in [-0.2, -0.15) is 0 Å². The van der Waals surface area contributed by atoms with Crippen molar-refractivity contribution in [2.24, 2.45) is 4.99 Å². The van der Waals surface area contributed by atoms with Crippen LogP contribution in [0.3, 0.4) is 0 Å². The number of nitrogens with one attached hydrogen (secondary N) is 1. The Kier molecular flexibility index (Phi) is 2.74. The molecule has 5 heteroatoms. The van der Waals surface area contributed by atoms with E-state index in [-0.39, 0.29) is 17.4 Å². The summed E-state index contributed by atoms with van der Waals surface area (Å²) in [5.41, 5.74) is 3.73. The second-order valence-corrected chi connectivity index (χ2v) is 6.18. The third-order valence-corrected chi connectivity index (χ3v) is 4.44. The monoisotopic (exact) mass is 354 g/mol. The lowest BCUT2D eigenvalue weighted by molar-refractivity contribution is 0.107. The Morgan fingerprint density at radius 1 is 1.23 bits per heavy atom. The Hall–Kier alpha value is -2.40. The van der Waals surface area contributed by atoms with Gasteiger partial charge in [0.25, 0.3) is 0 Å². The Balaban J connectivity index is 2.01. The molecule has 0 saturated carbocycles. The molecule has 0 fully saturated rings. The minimum absolute atomic E-state index is 0.0405. The molecule has 0 amide bonds. The van der Waals surface area contributed by atoms with Gasteiger partial charge < -0.3 is 10.1 Å². The van der Waals surface area contributed by atoms with Crippen molar-refractivity contribution in [1.82, 2.24) is 4.98 Å². The van der Waals surface area contributed by atoms with Crippen LogP contribution in [0.15, 0.2) is 45.9 Å². The highest BCUT2D eigenvalue weighted by atomic mass is 79.9. The molecule has 0 bridgehead atoms.